The average molecular weight is 486 g/mol. The number of halogens is 3. The highest BCUT2D eigenvalue weighted by molar-refractivity contribution is 6.05. The van der Waals surface area contributed by atoms with Gasteiger partial charge in [-0.2, -0.15) is 13.2 Å². The van der Waals surface area contributed by atoms with E-state index in [1.165, 1.54) is 24.3 Å². The zero-order valence-corrected chi connectivity index (χ0v) is 18.3. The van der Waals surface area contributed by atoms with E-state index in [-0.39, 0.29) is 16.9 Å². The Morgan fingerprint density at radius 3 is 2.31 bits per heavy atom. The molecule has 11 heteroatoms. The number of anilines is 4. The van der Waals surface area contributed by atoms with Gasteiger partial charge in [-0.15, -0.1) is 0 Å². The third-order valence-electron chi connectivity index (χ3n) is 5.44. The molecule has 1 saturated heterocycles. The fourth-order valence-electron chi connectivity index (χ4n) is 3.70. The molecule has 0 unspecified atom stereocenters. The Labute approximate surface area is 198 Å². The zero-order valence-electron chi connectivity index (χ0n) is 18.3. The number of alkyl halides is 3. The van der Waals surface area contributed by atoms with Crippen LogP contribution in [0.5, 0.6) is 0 Å². The Morgan fingerprint density at radius 2 is 1.66 bits per heavy atom. The highest BCUT2D eigenvalue weighted by atomic mass is 19.4. The highest BCUT2D eigenvalue weighted by Gasteiger charge is 2.35. The number of carbonyl (C=O) groups excluding carboxylic acids is 1. The molecule has 182 valence electrons. The van der Waals surface area contributed by atoms with Crippen molar-refractivity contribution in [1.29, 1.82) is 0 Å². The minimum Gasteiger partial charge on any atom is -0.378 e. The lowest BCUT2D eigenvalue weighted by Crippen LogP contribution is -2.36. The number of carbonyl (C=O) groups is 1. The Morgan fingerprint density at radius 1 is 0.971 bits per heavy atom. The summed E-state index contributed by atoms with van der Waals surface area (Å²) in [5, 5.41) is 16.7. The molecule has 2 N–H and O–H groups in total. The van der Waals surface area contributed by atoms with Gasteiger partial charge in [0.25, 0.3) is 11.6 Å². The van der Waals surface area contributed by atoms with Gasteiger partial charge in [-0.3, -0.25) is 14.9 Å². The third kappa shape index (κ3) is 5.69. The van der Waals surface area contributed by atoms with E-state index >= 15 is 0 Å². The van der Waals surface area contributed by atoms with Crippen LogP contribution in [-0.2, 0) is 10.9 Å². The number of rotatable bonds is 6. The molecule has 1 fully saturated rings. The zero-order chi connectivity index (χ0) is 25.0. The van der Waals surface area contributed by atoms with Gasteiger partial charge in [0, 0.05) is 36.1 Å². The predicted molar refractivity (Wildman–Crippen MR) is 125 cm³/mol. The first-order valence-corrected chi connectivity index (χ1v) is 10.7. The normalized spacial score (nSPS) is 13.9. The number of para-hydroxylation sites is 1. The molecule has 1 amide bonds. The summed E-state index contributed by atoms with van der Waals surface area (Å²) in [5.41, 5.74) is -0.876. The molecule has 1 heterocycles. The molecular weight excluding hydrogens is 465 g/mol. The van der Waals surface area contributed by atoms with Gasteiger partial charge in [0.05, 0.1) is 29.4 Å². The maximum atomic E-state index is 13.8. The lowest BCUT2D eigenvalue weighted by atomic mass is 10.1. The molecule has 0 aromatic heterocycles. The molecule has 0 atom stereocenters. The smallest absolute Gasteiger partial charge is 0.378 e. The van der Waals surface area contributed by atoms with E-state index in [1.54, 1.807) is 35.2 Å². The van der Waals surface area contributed by atoms with Gasteiger partial charge < -0.3 is 20.3 Å². The summed E-state index contributed by atoms with van der Waals surface area (Å²) >= 11 is 0. The van der Waals surface area contributed by atoms with Crippen LogP contribution < -0.4 is 15.5 Å². The number of benzene rings is 3. The number of nitrogens with one attached hydrogen (secondary N) is 2. The molecule has 0 bridgehead atoms. The van der Waals surface area contributed by atoms with Crippen LogP contribution in [0.2, 0.25) is 0 Å². The fraction of sp³-hybridized carbons (Fsp3) is 0.208. The number of nitro groups is 1. The van der Waals surface area contributed by atoms with Crippen LogP contribution >= 0.6 is 0 Å². The fourth-order valence-corrected chi connectivity index (χ4v) is 3.70. The van der Waals surface area contributed by atoms with Crippen molar-refractivity contribution in [2.45, 2.75) is 6.18 Å². The first kappa shape index (κ1) is 24.0. The molecule has 0 spiro atoms. The summed E-state index contributed by atoms with van der Waals surface area (Å²) in [6.45, 7) is 1.73. The maximum absolute atomic E-state index is 13.8. The molecule has 3 aromatic carbocycles. The van der Waals surface area contributed by atoms with Gasteiger partial charge in [0.15, 0.2) is 0 Å². The summed E-state index contributed by atoms with van der Waals surface area (Å²) in [4.78, 5) is 25.5. The van der Waals surface area contributed by atoms with Crippen molar-refractivity contribution in [1.82, 2.24) is 0 Å². The maximum Gasteiger partial charge on any atom is 0.418 e. The minimum atomic E-state index is -4.72. The molecule has 0 aliphatic carbocycles. The van der Waals surface area contributed by atoms with Crippen LogP contribution in [0.4, 0.5) is 41.6 Å². The monoisotopic (exact) mass is 486 g/mol. The Kier molecular flexibility index (Phi) is 6.87. The van der Waals surface area contributed by atoms with Gasteiger partial charge >= 0.3 is 6.18 Å². The van der Waals surface area contributed by atoms with E-state index in [2.05, 4.69) is 10.6 Å². The number of nitrogens with zero attached hydrogens (tertiary/aromatic N) is 2. The third-order valence-corrected chi connectivity index (χ3v) is 5.44. The van der Waals surface area contributed by atoms with Gasteiger partial charge in [-0.05, 0) is 42.5 Å². The van der Waals surface area contributed by atoms with Crippen molar-refractivity contribution < 1.29 is 27.6 Å². The first-order chi connectivity index (χ1) is 16.7. The van der Waals surface area contributed by atoms with Gasteiger partial charge in [-0.1, -0.05) is 18.2 Å². The van der Waals surface area contributed by atoms with E-state index in [4.69, 9.17) is 4.74 Å². The number of amides is 1. The highest BCUT2D eigenvalue weighted by Crippen LogP contribution is 2.38. The Hall–Kier alpha value is -4.12. The van der Waals surface area contributed by atoms with Crippen molar-refractivity contribution in [3.63, 3.8) is 0 Å². The van der Waals surface area contributed by atoms with E-state index in [0.717, 1.165) is 12.1 Å². The standard InChI is InChI=1S/C24H21F3N4O4/c25-24(26,27)19-15-18(30-10-12-35-13-11-30)7-9-20(19)29-23(32)16-6-8-21(22(14-16)31(33)34)28-17-4-2-1-3-5-17/h1-9,14-15,28H,10-13H2,(H,29,32). The number of morpholine rings is 1. The molecule has 1 aliphatic heterocycles. The summed E-state index contributed by atoms with van der Waals surface area (Å²) in [6, 6.07) is 16.0. The molecule has 8 nitrogen and oxygen atoms in total. The van der Waals surface area contributed by atoms with E-state index in [0.29, 0.717) is 37.7 Å². The van der Waals surface area contributed by atoms with Crippen LogP contribution in [-0.4, -0.2) is 37.1 Å². The minimum absolute atomic E-state index is 0.142. The van der Waals surface area contributed by atoms with Crippen LogP contribution in [0.15, 0.2) is 66.7 Å². The SMILES string of the molecule is O=C(Nc1ccc(N2CCOCC2)cc1C(F)(F)F)c1ccc(Nc2ccccc2)c([N+](=O)[O-])c1. The summed E-state index contributed by atoms with van der Waals surface area (Å²) in [7, 11) is 0. The molecule has 0 saturated carbocycles. The van der Waals surface area contributed by atoms with Crippen LogP contribution in [0.3, 0.4) is 0 Å². The Balaban J connectivity index is 1.60. The van der Waals surface area contributed by atoms with Crippen molar-refractivity contribution in [3.8, 4) is 0 Å². The van der Waals surface area contributed by atoms with Gasteiger partial charge in [-0.25, -0.2) is 0 Å². The van der Waals surface area contributed by atoms with Crippen molar-refractivity contribution >= 4 is 34.3 Å². The van der Waals surface area contributed by atoms with E-state index in [9.17, 15) is 28.1 Å². The second-order valence-corrected chi connectivity index (χ2v) is 7.76. The number of hydrogen-bond acceptors (Lipinski definition) is 6. The molecular formula is C24H21F3N4O4. The van der Waals surface area contributed by atoms with Crippen molar-refractivity contribution in [2.75, 3.05) is 41.8 Å². The molecule has 4 rings (SSSR count). The first-order valence-electron chi connectivity index (χ1n) is 10.7. The average Bonchev–Trinajstić information content (AvgIpc) is 2.85. The van der Waals surface area contributed by atoms with Crippen molar-refractivity contribution in [3.05, 3.63) is 88.0 Å². The number of ether oxygens (including phenoxy) is 1. The quantitative estimate of drug-likeness (QED) is 0.356. The van der Waals surface area contributed by atoms with Crippen LogP contribution in [0.1, 0.15) is 15.9 Å². The van der Waals surface area contributed by atoms with Gasteiger partial charge in [0.2, 0.25) is 0 Å². The van der Waals surface area contributed by atoms with E-state index < -0.39 is 28.3 Å². The van der Waals surface area contributed by atoms with Crippen molar-refractivity contribution in [2.24, 2.45) is 0 Å². The van der Waals surface area contributed by atoms with Crippen LogP contribution in [0.25, 0.3) is 0 Å². The molecule has 35 heavy (non-hydrogen) atoms. The lowest BCUT2D eigenvalue weighted by Gasteiger charge is -2.29. The molecule has 1 aliphatic rings. The molecule has 0 radical (unpaired) electrons. The second kappa shape index (κ2) is 10.0. The summed E-state index contributed by atoms with van der Waals surface area (Å²) < 4.78 is 46.6. The summed E-state index contributed by atoms with van der Waals surface area (Å²) in [5.74, 6) is -0.899. The van der Waals surface area contributed by atoms with Crippen LogP contribution in [0, 0.1) is 10.1 Å². The molecule has 3 aromatic rings. The number of nitro benzene ring substituents is 1. The second-order valence-electron chi connectivity index (χ2n) is 7.76. The summed E-state index contributed by atoms with van der Waals surface area (Å²) in [6.07, 6.45) is -4.72. The lowest BCUT2D eigenvalue weighted by molar-refractivity contribution is -0.383. The largest absolute Gasteiger partial charge is 0.418 e. The van der Waals surface area contributed by atoms with E-state index in [1.807, 2.05) is 0 Å². The predicted octanol–water partition coefficient (Wildman–Crippen LogP) is 5.45. The number of hydrogen-bond donors (Lipinski definition) is 2. The topological polar surface area (TPSA) is 96.7 Å². The Bertz CT molecular complexity index is 1230. The van der Waals surface area contributed by atoms with Gasteiger partial charge in [0.1, 0.15) is 5.69 Å².